The number of hydrogen-bond acceptors (Lipinski definition) is 2. The van der Waals surface area contributed by atoms with E-state index in [1.807, 2.05) is 0 Å². The lowest BCUT2D eigenvalue weighted by molar-refractivity contribution is 0.0968. The lowest BCUT2D eigenvalue weighted by atomic mass is 10.1. The first kappa shape index (κ1) is 13.2. The van der Waals surface area contributed by atoms with Gasteiger partial charge in [-0.2, -0.15) is 0 Å². The van der Waals surface area contributed by atoms with E-state index in [2.05, 4.69) is 18.9 Å². The first-order chi connectivity index (χ1) is 8.56. The molecule has 98 valence electrons. The second-order valence-electron chi connectivity index (χ2n) is 5.42. The Kier molecular flexibility index (Phi) is 4.12. The Morgan fingerprint density at radius 1 is 1.39 bits per heavy atom. The van der Waals surface area contributed by atoms with Crippen LogP contribution in [0, 0.1) is 17.7 Å². The van der Waals surface area contributed by atoms with Crippen molar-refractivity contribution in [2.24, 2.45) is 11.8 Å². The van der Waals surface area contributed by atoms with E-state index in [9.17, 15) is 9.18 Å². The quantitative estimate of drug-likeness (QED) is 0.722. The van der Waals surface area contributed by atoms with E-state index in [1.165, 1.54) is 18.6 Å². The summed E-state index contributed by atoms with van der Waals surface area (Å²) >= 11 is 0. The van der Waals surface area contributed by atoms with Crippen LogP contribution in [0.15, 0.2) is 24.3 Å². The molecule has 1 aliphatic rings. The number of carbonyl (C=O) groups is 1. The van der Waals surface area contributed by atoms with Crippen LogP contribution in [0.3, 0.4) is 0 Å². The Labute approximate surface area is 108 Å². The summed E-state index contributed by atoms with van der Waals surface area (Å²) in [7, 11) is 2.06. The van der Waals surface area contributed by atoms with Gasteiger partial charge in [0.25, 0.3) is 0 Å². The standard InChI is InChI=1S/C15H20FNO/c1-11-9-13(11)10-17(2)8-7-15(18)12-3-5-14(16)6-4-12/h3-6,11,13H,7-10H2,1-2H3. The average molecular weight is 249 g/mol. The fraction of sp³-hybridized carbons (Fsp3) is 0.533. The number of nitrogens with zero attached hydrogens (tertiary/aromatic N) is 1. The zero-order valence-electron chi connectivity index (χ0n) is 11.0. The summed E-state index contributed by atoms with van der Waals surface area (Å²) in [5.41, 5.74) is 0.601. The number of benzene rings is 1. The third-order valence-corrected chi connectivity index (χ3v) is 3.71. The van der Waals surface area contributed by atoms with Gasteiger partial charge in [0.05, 0.1) is 0 Å². The fourth-order valence-electron chi connectivity index (χ4n) is 2.22. The molecule has 1 saturated carbocycles. The molecule has 3 heteroatoms. The van der Waals surface area contributed by atoms with Crippen molar-refractivity contribution in [1.29, 1.82) is 0 Å². The maximum Gasteiger partial charge on any atom is 0.164 e. The summed E-state index contributed by atoms with van der Waals surface area (Å²) in [5.74, 6) is 1.45. The van der Waals surface area contributed by atoms with Gasteiger partial charge in [-0.05, 0) is 49.6 Å². The molecular weight excluding hydrogens is 229 g/mol. The number of rotatable bonds is 6. The van der Waals surface area contributed by atoms with Crippen LogP contribution in [-0.2, 0) is 0 Å². The Balaban J connectivity index is 1.75. The van der Waals surface area contributed by atoms with E-state index >= 15 is 0 Å². The van der Waals surface area contributed by atoms with Crippen molar-refractivity contribution in [3.8, 4) is 0 Å². The van der Waals surface area contributed by atoms with Crippen LogP contribution in [0.5, 0.6) is 0 Å². The second kappa shape index (κ2) is 5.61. The van der Waals surface area contributed by atoms with Crippen LogP contribution in [0.1, 0.15) is 30.1 Å². The number of ketones is 1. The largest absolute Gasteiger partial charge is 0.306 e. The van der Waals surface area contributed by atoms with Crippen LogP contribution in [0.4, 0.5) is 4.39 Å². The summed E-state index contributed by atoms with van der Waals surface area (Å²) < 4.78 is 12.7. The maximum atomic E-state index is 12.7. The van der Waals surface area contributed by atoms with Gasteiger partial charge in [-0.25, -0.2) is 4.39 Å². The van der Waals surface area contributed by atoms with Gasteiger partial charge in [0, 0.05) is 25.1 Å². The van der Waals surface area contributed by atoms with Gasteiger partial charge in [0.1, 0.15) is 5.82 Å². The van der Waals surface area contributed by atoms with Crippen molar-refractivity contribution in [3.63, 3.8) is 0 Å². The number of Topliss-reactive ketones (excluding diaryl/α,β-unsaturated/α-hetero) is 1. The van der Waals surface area contributed by atoms with E-state index in [0.717, 1.165) is 24.9 Å². The van der Waals surface area contributed by atoms with Crippen molar-refractivity contribution in [2.75, 3.05) is 20.1 Å². The molecular formula is C15H20FNO. The maximum absolute atomic E-state index is 12.7. The third-order valence-electron chi connectivity index (χ3n) is 3.71. The van der Waals surface area contributed by atoms with Crippen LogP contribution >= 0.6 is 0 Å². The molecule has 2 unspecified atom stereocenters. The number of halogens is 1. The molecule has 0 bridgehead atoms. The van der Waals surface area contributed by atoms with E-state index < -0.39 is 0 Å². The van der Waals surface area contributed by atoms with E-state index in [1.54, 1.807) is 12.1 Å². The third kappa shape index (κ3) is 3.64. The Bertz CT molecular complexity index is 415. The molecule has 2 nitrogen and oxygen atoms in total. The molecule has 0 radical (unpaired) electrons. The van der Waals surface area contributed by atoms with Crippen LogP contribution in [-0.4, -0.2) is 30.8 Å². The second-order valence-corrected chi connectivity index (χ2v) is 5.42. The molecule has 1 aromatic carbocycles. The minimum absolute atomic E-state index is 0.0886. The summed E-state index contributed by atoms with van der Waals surface area (Å²) in [5, 5.41) is 0. The van der Waals surface area contributed by atoms with Crippen molar-refractivity contribution >= 4 is 5.78 Å². The van der Waals surface area contributed by atoms with Gasteiger partial charge in [-0.15, -0.1) is 0 Å². The van der Waals surface area contributed by atoms with Crippen LogP contribution in [0.2, 0.25) is 0 Å². The van der Waals surface area contributed by atoms with Crippen molar-refractivity contribution in [3.05, 3.63) is 35.6 Å². The summed E-state index contributed by atoms with van der Waals surface area (Å²) in [6, 6.07) is 5.78. The van der Waals surface area contributed by atoms with Crippen molar-refractivity contribution in [1.82, 2.24) is 4.90 Å². The lowest BCUT2D eigenvalue weighted by Gasteiger charge is -2.15. The summed E-state index contributed by atoms with van der Waals surface area (Å²) in [6.45, 7) is 4.12. The fourth-order valence-corrected chi connectivity index (χ4v) is 2.22. The van der Waals surface area contributed by atoms with Crippen molar-refractivity contribution in [2.45, 2.75) is 19.8 Å². The predicted octanol–water partition coefficient (Wildman–Crippen LogP) is 2.99. The van der Waals surface area contributed by atoms with Gasteiger partial charge in [-0.1, -0.05) is 6.92 Å². The SMILES string of the molecule is CC1CC1CN(C)CCC(=O)c1ccc(F)cc1. The molecule has 0 N–H and O–H groups in total. The molecule has 0 amide bonds. The highest BCUT2D eigenvalue weighted by atomic mass is 19.1. The topological polar surface area (TPSA) is 20.3 Å². The van der Waals surface area contributed by atoms with Gasteiger partial charge in [0.2, 0.25) is 0 Å². The predicted molar refractivity (Wildman–Crippen MR) is 70.1 cm³/mol. The first-order valence-corrected chi connectivity index (χ1v) is 6.53. The highest BCUT2D eigenvalue weighted by Gasteiger charge is 2.32. The Morgan fingerprint density at radius 2 is 2.00 bits per heavy atom. The van der Waals surface area contributed by atoms with E-state index in [0.29, 0.717) is 12.0 Å². The molecule has 2 rings (SSSR count). The minimum Gasteiger partial charge on any atom is -0.306 e. The molecule has 1 aromatic rings. The molecule has 1 fully saturated rings. The molecule has 1 aliphatic carbocycles. The Hall–Kier alpha value is -1.22. The highest BCUT2D eigenvalue weighted by Crippen LogP contribution is 2.37. The zero-order chi connectivity index (χ0) is 13.1. The van der Waals surface area contributed by atoms with Gasteiger partial charge >= 0.3 is 0 Å². The molecule has 18 heavy (non-hydrogen) atoms. The van der Waals surface area contributed by atoms with Crippen molar-refractivity contribution < 1.29 is 9.18 Å². The van der Waals surface area contributed by atoms with Crippen LogP contribution < -0.4 is 0 Å². The molecule has 0 aromatic heterocycles. The minimum atomic E-state index is -0.300. The average Bonchev–Trinajstić information content (AvgIpc) is 3.02. The summed E-state index contributed by atoms with van der Waals surface area (Å²) in [6.07, 6.45) is 1.82. The molecule has 0 heterocycles. The monoisotopic (exact) mass is 249 g/mol. The van der Waals surface area contributed by atoms with Crippen LogP contribution in [0.25, 0.3) is 0 Å². The van der Waals surface area contributed by atoms with E-state index in [-0.39, 0.29) is 11.6 Å². The molecule has 0 spiro atoms. The first-order valence-electron chi connectivity index (χ1n) is 6.53. The molecule has 0 aliphatic heterocycles. The zero-order valence-corrected chi connectivity index (χ0v) is 11.0. The van der Waals surface area contributed by atoms with E-state index in [4.69, 9.17) is 0 Å². The van der Waals surface area contributed by atoms with Gasteiger partial charge in [0.15, 0.2) is 5.78 Å². The molecule has 2 atom stereocenters. The van der Waals surface area contributed by atoms with Gasteiger partial charge < -0.3 is 4.90 Å². The smallest absolute Gasteiger partial charge is 0.164 e. The number of hydrogen-bond donors (Lipinski definition) is 0. The normalized spacial score (nSPS) is 22.2. The van der Waals surface area contributed by atoms with Gasteiger partial charge in [-0.3, -0.25) is 4.79 Å². The lowest BCUT2D eigenvalue weighted by Crippen LogP contribution is -2.24. The summed E-state index contributed by atoms with van der Waals surface area (Å²) in [4.78, 5) is 14.1. The highest BCUT2D eigenvalue weighted by molar-refractivity contribution is 5.96. The Morgan fingerprint density at radius 3 is 2.56 bits per heavy atom. The molecule has 0 saturated heterocycles. The number of carbonyl (C=O) groups excluding carboxylic acids is 1.